The average Bonchev–Trinajstić information content (AvgIpc) is 2.76. The lowest BCUT2D eigenvalue weighted by molar-refractivity contribution is 0.210. The lowest BCUT2D eigenvalue weighted by atomic mass is 10.2. The van der Waals surface area contributed by atoms with Gasteiger partial charge >= 0.3 is 0 Å². The van der Waals surface area contributed by atoms with Crippen molar-refractivity contribution in [1.29, 1.82) is 0 Å². The second-order valence-corrected chi connectivity index (χ2v) is 6.72. The lowest BCUT2D eigenvalue weighted by Gasteiger charge is -2.24. The maximum absolute atomic E-state index is 11.7. The van der Waals surface area contributed by atoms with E-state index in [1.807, 2.05) is 10.8 Å². The van der Waals surface area contributed by atoms with Gasteiger partial charge in [0.25, 0.3) is 0 Å². The zero-order valence-electron chi connectivity index (χ0n) is 10.5. The molecule has 1 N–H and O–H groups in total. The van der Waals surface area contributed by atoms with Gasteiger partial charge in [0, 0.05) is 26.0 Å². The quantitative estimate of drug-likeness (QED) is 0.799. The van der Waals surface area contributed by atoms with Crippen molar-refractivity contribution in [2.75, 3.05) is 37.1 Å². The van der Waals surface area contributed by atoms with Gasteiger partial charge in [-0.1, -0.05) is 0 Å². The molecule has 1 aromatic rings. The van der Waals surface area contributed by atoms with Crippen LogP contribution in [0.1, 0.15) is 18.9 Å². The summed E-state index contributed by atoms with van der Waals surface area (Å²) >= 11 is 0. The van der Waals surface area contributed by atoms with Crippen LogP contribution in [-0.2, 0) is 14.6 Å². The van der Waals surface area contributed by atoms with Crippen LogP contribution in [0.4, 0.5) is 5.95 Å². The van der Waals surface area contributed by atoms with Crippen LogP contribution in [0.25, 0.3) is 0 Å². The van der Waals surface area contributed by atoms with Crippen LogP contribution in [0.2, 0.25) is 0 Å². The Bertz CT molecular complexity index is 483. The van der Waals surface area contributed by atoms with E-state index in [0.717, 1.165) is 12.8 Å². The molecule has 0 aliphatic carbocycles. The van der Waals surface area contributed by atoms with Crippen molar-refractivity contribution in [3.05, 3.63) is 12.4 Å². The first kappa shape index (κ1) is 13.4. The molecule has 0 aromatic carbocycles. The first-order valence-electron chi connectivity index (χ1n) is 6.08. The van der Waals surface area contributed by atoms with Crippen molar-refractivity contribution in [3.63, 3.8) is 0 Å². The molecule has 1 unspecified atom stereocenters. The van der Waals surface area contributed by atoms with Crippen LogP contribution >= 0.6 is 0 Å². The Morgan fingerprint density at radius 3 is 3.17 bits per heavy atom. The highest BCUT2D eigenvalue weighted by Crippen LogP contribution is 2.25. The monoisotopic (exact) mass is 273 g/mol. The fraction of sp³-hybridized carbons (Fsp3) is 0.727. The van der Waals surface area contributed by atoms with Crippen LogP contribution in [0.15, 0.2) is 12.4 Å². The molecule has 0 amide bonds. The van der Waals surface area contributed by atoms with Crippen LogP contribution < -0.4 is 5.32 Å². The van der Waals surface area contributed by atoms with Crippen molar-refractivity contribution in [1.82, 2.24) is 9.55 Å². The number of methoxy groups -OCH3 is 1. The maximum atomic E-state index is 11.7. The molecule has 2 heterocycles. The largest absolute Gasteiger partial charge is 0.383 e. The van der Waals surface area contributed by atoms with E-state index >= 15 is 0 Å². The molecule has 0 radical (unpaired) electrons. The fourth-order valence-corrected chi connectivity index (χ4v) is 3.91. The van der Waals surface area contributed by atoms with E-state index in [0.29, 0.717) is 24.9 Å². The van der Waals surface area contributed by atoms with Gasteiger partial charge in [0.05, 0.1) is 24.2 Å². The molecule has 1 aromatic heterocycles. The normalized spacial score (nSPS) is 22.8. The van der Waals surface area contributed by atoms with Gasteiger partial charge in [-0.3, -0.25) is 0 Å². The Morgan fingerprint density at radius 1 is 1.61 bits per heavy atom. The molecular weight excluding hydrogens is 254 g/mol. The van der Waals surface area contributed by atoms with Crippen LogP contribution in [0, 0.1) is 0 Å². The molecule has 18 heavy (non-hydrogen) atoms. The predicted molar refractivity (Wildman–Crippen MR) is 69.5 cm³/mol. The first-order valence-corrected chi connectivity index (χ1v) is 7.90. The van der Waals surface area contributed by atoms with Gasteiger partial charge in [-0.05, 0) is 12.8 Å². The Morgan fingerprint density at radius 2 is 2.44 bits per heavy atom. The van der Waals surface area contributed by atoms with E-state index in [9.17, 15) is 8.42 Å². The number of rotatable bonds is 5. The number of ether oxygens (including phenoxy) is 1. The van der Waals surface area contributed by atoms with Gasteiger partial charge in [0.1, 0.15) is 0 Å². The predicted octanol–water partition coefficient (Wildman–Crippen LogP) is 0.691. The minimum absolute atomic E-state index is 0.00343. The van der Waals surface area contributed by atoms with Gasteiger partial charge in [0.15, 0.2) is 9.84 Å². The molecule has 1 atom stereocenters. The molecule has 6 nitrogen and oxygen atoms in total. The lowest BCUT2D eigenvalue weighted by Crippen LogP contribution is -2.28. The Kier molecular flexibility index (Phi) is 4.23. The SMILES string of the molecule is COCCNc1nccn1C1CCCS(=O)(=O)C1. The third-order valence-corrected chi connectivity index (χ3v) is 4.89. The number of hydrogen-bond acceptors (Lipinski definition) is 5. The molecule has 1 aliphatic heterocycles. The Balaban J connectivity index is 2.06. The highest BCUT2D eigenvalue weighted by Gasteiger charge is 2.27. The van der Waals surface area contributed by atoms with E-state index in [1.165, 1.54) is 0 Å². The summed E-state index contributed by atoms with van der Waals surface area (Å²) in [5, 5.41) is 3.15. The van der Waals surface area contributed by atoms with Gasteiger partial charge in [0.2, 0.25) is 5.95 Å². The molecule has 0 bridgehead atoms. The number of aromatic nitrogens is 2. The van der Waals surface area contributed by atoms with Crippen molar-refractivity contribution >= 4 is 15.8 Å². The minimum atomic E-state index is -2.90. The highest BCUT2D eigenvalue weighted by molar-refractivity contribution is 7.91. The van der Waals surface area contributed by atoms with Gasteiger partial charge < -0.3 is 14.6 Å². The van der Waals surface area contributed by atoms with E-state index in [4.69, 9.17) is 4.74 Å². The second-order valence-electron chi connectivity index (χ2n) is 4.49. The molecule has 7 heteroatoms. The van der Waals surface area contributed by atoms with E-state index in [1.54, 1.807) is 13.3 Å². The zero-order chi connectivity index (χ0) is 13.0. The molecule has 1 saturated heterocycles. The third kappa shape index (κ3) is 3.23. The van der Waals surface area contributed by atoms with Crippen molar-refractivity contribution < 1.29 is 13.2 Å². The van der Waals surface area contributed by atoms with Crippen molar-refractivity contribution in [2.45, 2.75) is 18.9 Å². The minimum Gasteiger partial charge on any atom is -0.383 e. The Labute approximate surface area is 107 Å². The van der Waals surface area contributed by atoms with Crippen molar-refractivity contribution in [2.24, 2.45) is 0 Å². The third-order valence-electron chi connectivity index (χ3n) is 3.09. The first-order chi connectivity index (χ1) is 8.62. The zero-order valence-corrected chi connectivity index (χ0v) is 11.3. The highest BCUT2D eigenvalue weighted by atomic mass is 32.2. The Hall–Kier alpha value is -1.08. The second kappa shape index (κ2) is 5.71. The molecular formula is C11H19N3O3S. The van der Waals surface area contributed by atoms with Gasteiger partial charge in [-0.25, -0.2) is 13.4 Å². The molecule has 102 valence electrons. The molecule has 1 fully saturated rings. The number of sulfone groups is 1. The van der Waals surface area contributed by atoms with Gasteiger partial charge in [-0.15, -0.1) is 0 Å². The topological polar surface area (TPSA) is 73.2 Å². The molecule has 1 aliphatic rings. The van der Waals surface area contributed by atoms with Gasteiger partial charge in [-0.2, -0.15) is 0 Å². The number of nitrogens with one attached hydrogen (secondary N) is 1. The number of nitrogens with zero attached hydrogens (tertiary/aromatic N) is 2. The number of hydrogen-bond donors (Lipinski definition) is 1. The maximum Gasteiger partial charge on any atom is 0.203 e. The smallest absolute Gasteiger partial charge is 0.203 e. The summed E-state index contributed by atoms with van der Waals surface area (Å²) in [5.74, 6) is 1.24. The van der Waals surface area contributed by atoms with E-state index < -0.39 is 9.84 Å². The molecule has 0 spiro atoms. The number of anilines is 1. The summed E-state index contributed by atoms with van der Waals surface area (Å²) in [5.41, 5.74) is 0. The van der Waals surface area contributed by atoms with Crippen LogP contribution in [0.5, 0.6) is 0 Å². The van der Waals surface area contributed by atoms with Crippen LogP contribution in [-0.4, -0.2) is 49.7 Å². The standard InChI is InChI=1S/C11H19N3O3S/c1-17-7-5-13-11-12-4-6-14(11)10-3-2-8-18(15,16)9-10/h4,6,10H,2-3,5,7-9H2,1H3,(H,12,13). The summed E-state index contributed by atoms with van der Waals surface area (Å²) in [6.45, 7) is 1.25. The van der Waals surface area contributed by atoms with E-state index in [2.05, 4.69) is 10.3 Å². The van der Waals surface area contributed by atoms with Crippen molar-refractivity contribution in [3.8, 4) is 0 Å². The average molecular weight is 273 g/mol. The van der Waals surface area contributed by atoms with E-state index in [-0.39, 0.29) is 11.8 Å². The summed E-state index contributed by atoms with van der Waals surface area (Å²) < 4.78 is 30.2. The summed E-state index contributed by atoms with van der Waals surface area (Å²) in [6.07, 6.45) is 5.13. The summed E-state index contributed by atoms with van der Waals surface area (Å²) in [4.78, 5) is 4.21. The van der Waals surface area contributed by atoms with Crippen LogP contribution in [0.3, 0.4) is 0 Å². The fourth-order valence-electron chi connectivity index (χ4n) is 2.23. The summed E-state index contributed by atoms with van der Waals surface area (Å²) in [6, 6.07) is -0.00343. The summed E-state index contributed by atoms with van der Waals surface area (Å²) in [7, 11) is -1.26. The number of imidazole rings is 1. The molecule has 0 saturated carbocycles. The molecule has 2 rings (SSSR count).